The number of carbonyl (C=O) groups excluding carboxylic acids is 2. The van der Waals surface area contributed by atoms with Gasteiger partial charge in [0.15, 0.2) is 0 Å². The fraction of sp³-hybridized carbons (Fsp3) is 0.606. The lowest BCUT2D eigenvalue weighted by Crippen LogP contribution is -2.34. The van der Waals surface area contributed by atoms with Crippen LogP contribution in [0.1, 0.15) is 133 Å². The van der Waals surface area contributed by atoms with Gasteiger partial charge in [0.25, 0.3) is 5.91 Å². The zero-order valence-electron chi connectivity index (χ0n) is 24.6. The number of hydrogen-bond acceptors (Lipinski definition) is 4. The van der Waals surface area contributed by atoms with Gasteiger partial charge in [-0.3, -0.25) is 19.5 Å². The molecule has 0 N–H and O–H groups in total. The Balaban J connectivity index is 1.85. The first-order valence-corrected chi connectivity index (χ1v) is 14.7. The number of amides is 2. The average Bonchev–Trinajstić information content (AvgIpc) is 2.89. The molecule has 5 nitrogen and oxygen atoms in total. The van der Waals surface area contributed by atoms with Crippen molar-refractivity contribution in [1.82, 2.24) is 9.88 Å². The molecule has 1 aromatic carbocycles. The summed E-state index contributed by atoms with van der Waals surface area (Å²) in [6.45, 7) is 10.9. The van der Waals surface area contributed by atoms with E-state index in [1.54, 1.807) is 18.5 Å². The summed E-state index contributed by atoms with van der Waals surface area (Å²) < 4.78 is 6.20. The van der Waals surface area contributed by atoms with E-state index in [4.69, 9.17) is 4.74 Å². The van der Waals surface area contributed by atoms with Crippen molar-refractivity contribution in [3.05, 3.63) is 59.4 Å². The Morgan fingerprint density at radius 3 is 1.89 bits per heavy atom. The van der Waals surface area contributed by atoms with Crippen LogP contribution in [0, 0.1) is 0 Å². The molecule has 0 fully saturated rings. The first-order valence-electron chi connectivity index (χ1n) is 14.7. The van der Waals surface area contributed by atoms with Crippen LogP contribution >= 0.6 is 0 Å². The summed E-state index contributed by atoms with van der Waals surface area (Å²) in [6.07, 6.45) is 19.1. The van der Waals surface area contributed by atoms with Crippen LogP contribution in [-0.2, 0) is 16.8 Å². The topological polar surface area (TPSA) is 59.5 Å². The van der Waals surface area contributed by atoms with Gasteiger partial charge in [-0.2, -0.15) is 0 Å². The monoisotopic (exact) mass is 522 g/mol. The van der Waals surface area contributed by atoms with E-state index in [0.717, 1.165) is 23.3 Å². The number of nitrogens with zero attached hydrogens (tertiary/aromatic N) is 2. The van der Waals surface area contributed by atoms with Crippen molar-refractivity contribution >= 4 is 11.8 Å². The highest BCUT2D eigenvalue weighted by Gasteiger charge is 2.25. The fourth-order valence-electron chi connectivity index (χ4n) is 4.65. The van der Waals surface area contributed by atoms with E-state index in [2.05, 4.69) is 32.7 Å². The highest BCUT2D eigenvalue weighted by Crippen LogP contribution is 2.33. The van der Waals surface area contributed by atoms with Gasteiger partial charge in [-0.25, -0.2) is 0 Å². The van der Waals surface area contributed by atoms with E-state index in [9.17, 15) is 9.59 Å². The van der Waals surface area contributed by atoms with Crippen molar-refractivity contribution in [3.8, 4) is 5.75 Å². The summed E-state index contributed by atoms with van der Waals surface area (Å²) in [5, 5.41) is 0. The Kier molecular flexibility index (Phi) is 14.1. The molecule has 1 heterocycles. The van der Waals surface area contributed by atoms with E-state index in [1.807, 2.05) is 24.3 Å². The van der Waals surface area contributed by atoms with Crippen LogP contribution in [0.3, 0.4) is 0 Å². The number of unbranched alkanes of at least 4 members (excludes halogenated alkanes) is 11. The van der Waals surface area contributed by atoms with Crippen LogP contribution in [0.25, 0.3) is 0 Å². The molecule has 210 valence electrons. The lowest BCUT2D eigenvalue weighted by molar-refractivity contribution is -0.126. The Hall–Kier alpha value is -2.69. The molecule has 0 radical (unpaired) electrons. The lowest BCUT2D eigenvalue weighted by atomic mass is 9.85. The molecule has 0 aliphatic heterocycles. The molecule has 2 amide bonds. The summed E-state index contributed by atoms with van der Waals surface area (Å²) in [5.41, 5.74) is 2.14. The van der Waals surface area contributed by atoms with Crippen LogP contribution in [0.5, 0.6) is 5.75 Å². The highest BCUT2D eigenvalue weighted by atomic mass is 16.5. The Bertz CT molecular complexity index is 966. The lowest BCUT2D eigenvalue weighted by Gasteiger charge is -2.25. The predicted molar refractivity (Wildman–Crippen MR) is 157 cm³/mol. The van der Waals surface area contributed by atoms with Gasteiger partial charge < -0.3 is 4.74 Å². The van der Waals surface area contributed by atoms with Gasteiger partial charge in [-0.1, -0.05) is 98.3 Å². The molecule has 38 heavy (non-hydrogen) atoms. The molecule has 0 bridgehead atoms. The van der Waals surface area contributed by atoms with Crippen LogP contribution in [0.15, 0.2) is 42.7 Å². The quantitative estimate of drug-likeness (QED) is 0.195. The Morgan fingerprint density at radius 2 is 1.37 bits per heavy atom. The number of aromatic nitrogens is 1. The zero-order chi connectivity index (χ0) is 27.8. The third-order valence-electron chi connectivity index (χ3n) is 7.01. The van der Waals surface area contributed by atoms with Gasteiger partial charge in [-0.05, 0) is 47.7 Å². The van der Waals surface area contributed by atoms with Crippen LogP contribution in [0.4, 0.5) is 0 Å². The summed E-state index contributed by atoms with van der Waals surface area (Å²) in [4.78, 5) is 30.9. The first-order chi connectivity index (χ1) is 18.2. The molecule has 0 atom stereocenters. The maximum Gasteiger partial charge on any atom is 0.260 e. The number of carbonyl (C=O) groups is 2. The molecule has 0 unspecified atom stereocenters. The largest absolute Gasteiger partial charge is 0.493 e. The van der Waals surface area contributed by atoms with E-state index in [-0.39, 0.29) is 23.8 Å². The van der Waals surface area contributed by atoms with Crippen LogP contribution in [-0.4, -0.2) is 28.3 Å². The smallest absolute Gasteiger partial charge is 0.260 e. The fourth-order valence-corrected chi connectivity index (χ4v) is 4.65. The number of benzene rings is 1. The highest BCUT2D eigenvalue weighted by molar-refractivity contribution is 6.04. The molecular weight excluding hydrogens is 472 g/mol. The minimum Gasteiger partial charge on any atom is -0.493 e. The third-order valence-corrected chi connectivity index (χ3v) is 7.01. The van der Waals surface area contributed by atoms with Crippen molar-refractivity contribution in [1.29, 1.82) is 0 Å². The number of ether oxygens (including phenoxy) is 1. The molecule has 0 aliphatic rings. The maximum absolute atomic E-state index is 13.3. The zero-order valence-corrected chi connectivity index (χ0v) is 24.6. The minimum absolute atomic E-state index is 0.200. The van der Waals surface area contributed by atoms with Crippen molar-refractivity contribution in [2.45, 2.75) is 124 Å². The molecular formula is C33H50N2O3. The van der Waals surface area contributed by atoms with Crippen molar-refractivity contribution in [3.63, 3.8) is 0 Å². The molecule has 0 spiro atoms. The molecule has 1 aromatic heterocycles. The normalized spacial score (nSPS) is 11.4. The maximum atomic E-state index is 13.3. The summed E-state index contributed by atoms with van der Waals surface area (Å²) in [6, 6.07) is 9.19. The van der Waals surface area contributed by atoms with Crippen LogP contribution in [0.2, 0.25) is 0 Å². The van der Waals surface area contributed by atoms with Gasteiger partial charge in [0.05, 0.1) is 13.2 Å². The van der Waals surface area contributed by atoms with Crippen molar-refractivity contribution in [2.24, 2.45) is 0 Å². The Labute approximate surface area is 231 Å². The molecule has 5 heteroatoms. The molecule has 0 aliphatic carbocycles. The molecule has 2 rings (SSSR count). The third kappa shape index (κ3) is 11.4. The second kappa shape index (κ2) is 17.0. The van der Waals surface area contributed by atoms with Gasteiger partial charge >= 0.3 is 0 Å². The second-order valence-electron chi connectivity index (χ2n) is 11.5. The molecule has 2 aromatic rings. The number of rotatable bonds is 17. The SMILES string of the molecule is CCCCCCCCCCCCCCOc1ccc(C(=O)N(Cc2ccncc2)C(C)=O)cc1C(C)(C)C. The average molecular weight is 523 g/mol. The standard InChI is InChI=1S/C33H50N2O3/c1-6-7-8-9-10-11-12-13-14-15-16-17-24-38-31-19-18-29(25-30(31)33(3,4)5)32(37)35(27(2)36)26-28-20-22-34-23-21-28/h18-23,25H,6-17,24,26H2,1-5H3. The van der Waals surface area contributed by atoms with E-state index in [1.165, 1.54) is 82.5 Å². The Morgan fingerprint density at radius 1 is 0.816 bits per heavy atom. The van der Waals surface area contributed by atoms with Gasteiger partial charge in [0, 0.05) is 30.4 Å². The first kappa shape index (κ1) is 31.5. The van der Waals surface area contributed by atoms with E-state index >= 15 is 0 Å². The van der Waals surface area contributed by atoms with Crippen molar-refractivity contribution in [2.75, 3.05) is 6.61 Å². The second-order valence-corrected chi connectivity index (χ2v) is 11.5. The molecule has 0 saturated carbocycles. The number of imide groups is 1. The number of pyridine rings is 1. The molecule has 0 saturated heterocycles. The number of hydrogen-bond donors (Lipinski definition) is 0. The van der Waals surface area contributed by atoms with Gasteiger partial charge in [0.2, 0.25) is 5.91 Å². The minimum atomic E-state index is -0.299. The van der Waals surface area contributed by atoms with E-state index in [0.29, 0.717) is 12.2 Å². The van der Waals surface area contributed by atoms with Crippen molar-refractivity contribution < 1.29 is 14.3 Å². The summed E-state index contributed by atoms with van der Waals surface area (Å²) in [5.74, 6) is 0.240. The van der Waals surface area contributed by atoms with Gasteiger partial charge in [0.1, 0.15) is 5.75 Å². The summed E-state index contributed by atoms with van der Waals surface area (Å²) >= 11 is 0. The summed E-state index contributed by atoms with van der Waals surface area (Å²) in [7, 11) is 0. The van der Waals surface area contributed by atoms with Gasteiger partial charge in [-0.15, -0.1) is 0 Å². The van der Waals surface area contributed by atoms with Crippen LogP contribution < -0.4 is 4.74 Å². The predicted octanol–water partition coefficient (Wildman–Crippen LogP) is 8.65. The van der Waals surface area contributed by atoms with E-state index < -0.39 is 0 Å².